The number of nitrogens with zero attached hydrogens (tertiary/aromatic N) is 2. The Hall–Kier alpha value is -1.64. The van der Waals surface area contributed by atoms with Crippen LogP contribution in [0.25, 0.3) is 10.8 Å². The monoisotopic (exact) mass is 188 g/mol. The van der Waals surface area contributed by atoms with Gasteiger partial charge >= 0.3 is 0 Å². The maximum atomic E-state index is 11.7. The van der Waals surface area contributed by atoms with E-state index in [2.05, 4.69) is 11.2 Å². The summed E-state index contributed by atoms with van der Waals surface area (Å²) in [7, 11) is 1.67. The van der Waals surface area contributed by atoms with Crippen LogP contribution < -0.4 is 5.56 Å². The lowest BCUT2D eigenvalue weighted by Gasteiger charge is -2.04. The summed E-state index contributed by atoms with van der Waals surface area (Å²) < 4.78 is 1.36. The number of aryl methyl sites for hydroxylation is 3. The van der Waals surface area contributed by atoms with Crippen LogP contribution in [0.1, 0.15) is 11.1 Å². The molecular weight excluding hydrogens is 176 g/mol. The summed E-state index contributed by atoms with van der Waals surface area (Å²) in [5.74, 6) is 0. The third-order valence-electron chi connectivity index (χ3n) is 2.42. The average Bonchev–Trinajstić information content (AvgIpc) is 2.12. The minimum atomic E-state index is -0.0331. The first-order chi connectivity index (χ1) is 6.59. The lowest BCUT2D eigenvalue weighted by molar-refractivity contribution is 0.718. The van der Waals surface area contributed by atoms with Crippen molar-refractivity contribution in [3.8, 4) is 0 Å². The number of aromatic nitrogens is 2. The Kier molecular flexibility index (Phi) is 1.88. The zero-order valence-electron chi connectivity index (χ0n) is 8.53. The van der Waals surface area contributed by atoms with Crippen LogP contribution in [0.2, 0.25) is 0 Å². The van der Waals surface area contributed by atoms with Crippen LogP contribution in [0.3, 0.4) is 0 Å². The third-order valence-corrected chi connectivity index (χ3v) is 2.42. The van der Waals surface area contributed by atoms with Gasteiger partial charge in [0.1, 0.15) is 0 Å². The molecule has 0 aliphatic heterocycles. The van der Waals surface area contributed by atoms with Gasteiger partial charge in [-0.3, -0.25) is 4.79 Å². The minimum absolute atomic E-state index is 0.0331. The molecule has 0 fully saturated rings. The molecule has 3 heteroatoms. The van der Waals surface area contributed by atoms with Gasteiger partial charge in [-0.15, -0.1) is 0 Å². The fourth-order valence-corrected chi connectivity index (χ4v) is 1.70. The molecule has 2 rings (SSSR count). The van der Waals surface area contributed by atoms with Gasteiger partial charge in [-0.25, -0.2) is 4.68 Å². The number of benzene rings is 1. The van der Waals surface area contributed by atoms with Crippen LogP contribution in [0.15, 0.2) is 23.1 Å². The molecule has 0 saturated carbocycles. The summed E-state index contributed by atoms with van der Waals surface area (Å²) in [4.78, 5) is 11.7. The predicted molar refractivity (Wildman–Crippen MR) is 56.5 cm³/mol. The van der Waals surface area contributed by atoms with Gasteiger partial charge in [-0.1, -0.05) is 11.6 Å². The van der Waals surface area contributed by atoms with Crippen molar-refractivity contribution in [2.24, 2.45) is 7.05 Å². The van der Waals surface area contributed by atoms with Crippen LogP contribution in [-0.4, -0.2) is 9.78 Å². The second kappa shape index (κ2) is 2.94. The van der Waals surface area contributed by atoms with Gasteiger partial charge in [0.15, 0.2) is 0 Å². The van der Waals surface area contributed by atoms with Gasteiger partial charge in [0.2, 0.25) is 0 Å². The van der Waals surface area contributed by atoms with Crippen LogP contribution in [-0.2, 0) is 7.05 Å². The molecule has 3 nitrogen and oxygen atoms in total. The predicted octanol–water partition coefficient (Wildman–Crippen LogP) is 1.55. The van der Waals surface area contributed by atoms with E-state index in [-0.39, 0.29) is 5.56 Å². The Labute approximate surface area is 82.0 Å². The highest BCUT2D eigenvalue weighted by atomic mass is 16.1. The summed E-state index contributed by atoms with van der Waals surface area (Å²) in [6, 6.07) is 3.97. The summed E-state index contributed by atoms with van der Waals surface area (Å²) in [6.07, 6.45) is 1.74. The fraction of sp³-hybridized carbons (Fsp3) is 0.273. The number of fused-ring (bicyclic) bond motifs is 1. The first kappa shape index (κ1) is 8.94. The van der Waals surface area contributed by atoms with Crippen molar-refractivity contribution in [3.05, 3.63) is 39.8 Å². The van der Waals surface area contributed by atoms with E-state index < -0.39 is 0 Å². The standard InChI is InChI=1S/C11H12N2O/c1-7-4-8(2)10-6-12-13(3)11(14)9(10)5-7/h4-6H,1-3H3. The Morgan fingerprint density at radius 1 is 1.21 bits per heavy atom. The van der Waals surface area contributed by atoms with Crippen molar-refractivity contribution in [3.63, 3.8) is 0 Å². The van der Waals surface area contributed by atoms with Gasteiger partial charge in [0.05, 0.1) is 11.6 Å². The van der Waals surface area contributed by atoms with Crippen molar-refractivity contribution < 1.29 is 0 Å². The van der Waals surface area contributed by atoms with E-state index in [4.69, 9.17) is 0 Å². The molecule has 0 atom stereocenters. The van der Waals surface area contributed by atoms with E-state index in [1.54, 1.807) is 13.2 Å². The van der Waals surface area contributed by atoms with E-state index in [9.17, 15) is 4.79 Å². The number of hydrogen-bond donors (Lipinski definition) is 0. The molecule has 1 aromatic heterocycles. The van der Waals surface area contributed by atoms with Gasteiger partial charge in [0, 0.05) is 12.4 Å². The first-order valence-corrected chi connectivity index (χ1v) is 4.53. The third kappa shape index (κ3) is 1.21. The Bertz CT molecular complexity index is 555. The molecule has 0 saturated heterocycles. The second-order valence-corrected chi connectivity index (χ2v) is 3.62. The van der Waals surface area contributed by atoms with Crippen LogP contribution >= 0.6 is 0 Å². The molecule has 72 valence electrons. The molecule has 0 spiro atoms. The maximum absolute atomic E-state index is 11.7. The van der Waals surface area contributed by atoms with Crippen LogP contribution in [0.4, 0.5) is 0 Å². The first-order valence-electron chi connectivity index (χ1n) is 4.53. The van der Waals surface area contributed by atoms with E-state index in [0.29, 0.717) is 0 Å². The summed E-state index contributed by atoms with van der Waals surface area (Å²) in [6.45, 7) is 3.99. The van der Waals surface area contributed by atoms with Gasteiger partial charge in [0.25, 0.3) is 5.56 Å². The molecule has 0 N–H and O–H groups in total. The fourth-order valence-electron chi connectivity index (χ4n) is 1.70. The van der Waals surface area contributed by atoms with E-state index in [1.807, 2.05) is 19.9 Å². The maximum Gasteiger partial charge on any atom is 0.274 e. The van der Waals surface area contributed by atoms with Crippen molar-refractivity contribution in [2.75, 3.05) is 0 Å². The summed E-state index contributed by atoms with van der Waals surface area (Å²) in [5, 5.41) is 5.69. The highest BCUT2D eigenvalue weighted by Gasteiger charge is 2.04. The van der Waals surface area contributed by atoms with Crippen molar-refractivity contribution in [1.82, 2.24) is 9.78 Å². The van der Waals surface area contributed by atoms with Crippen LogP contribution in [0, 0.1) is 13.8 Å². The largest absolute Gasteiger partial charge is 0.274 e. The average molecular weight is 188 g/mol. The van der Waals surface area contributed by atoms with Gasteiger partial charge in [-0.2, -0.15) is 5.10 Å². The van der Waals surface area contributed by atoms with Crippen molar-refractivity contribution >= 4 is 10.8 Å². The number of rotatable bonds is 0. The Morgan fingerprint density at radius 3 is 2.64 bits per heavy atom. The molecule has 14 heavy (non-hydrogen) atoms. The molecule has 0 unspecified atom stereocenters. The highest BCUT2D eigenvalue weighted by molar-refractivity contribution is 5.84. The normalized spacial score (nSPS) is 10.8. The molecule has 0 bridgehead atoms. The topological polar surface area (TPSA) is 34.9 Å². The van der Waals surface area contributed by atoms with E-state index in [1.165, 1.54) is 4.68 Å². The lowest BCUT2D eigenvalue weighted by Crippen LogP contribution is -2.19. The van der Waals surface area contributed by atoms with Crippen molar-refractivity contribution in [1.29, 1.82) is 0 Å². The Morgan fingerprint density at radius 2 is 1.93 bits per heavy atom. The SMILES string of the molecule is Cc1cc(C)c2cnn(C)c(=O)c2c1. The smallest absolute Gasteiger partial charge is 0.267 e. The molecule has 2 aromatic rings. The molecule has 1 heterocycles. The summed E-state index contributed by atoms with van der Waals surface area (Å²) in [5.41, 5.74) is 2.18. The van der Waals surface area contributed by atoms with E-state index in [0.717, 1.165) is 21.9 Å². The molecule has 0 aliphatic carbocycles. The van der Waals surface area contributed by atoms with Gasteiger partial charge < -0.3 is 0 Å². The van der Waals surface area contributed by atoms with Crippen LogP contribution in [0.5, 0.6) is 0 Å². The molecule has 1 aromatic carbocycles. The van der Waals surface area contributed by atoms with Gasteiger partial charge in [-0.05, 0) is 25.5 Å². The lowest BCUT2D eigenvalue weighted by atomic mass is 10.1. The quantitative estimate of drug-likeness (QED) is 0.628. The van der Waals surface area contributed by atoms with E-state index >= 15 is 0 Å². The zero-order chi connectivity index (χ0) is 10.3. The second-order valence-electron chi connectivity index (χ2n) is 3.62. The molecule has 0 aliphatic rings. The highest BCUT2D eigenvalue weighted by Crippen LogP contribution is 2.15. The summed E-state index contributed by atoms with van der Waals surface area (Å²) >= 11 is 0. The molecule has 0 amide bonds. The number of hydrogen-bond acceptors (Lipinski definition) is 2. The molecular formula is C11H12N2O. The molecule has 0 radical (unpaired) electrons. The Balaban J connectivity index is 3.03. The van der Waals surface area contributed by atoms with Crippen molar-refractivity contribution in [2.45, 2.75) is 13.8 Å². The minimum Gasteiger partial charge on any atom is -0.267 e. The zero-order valence-corrected chi connectivity index (χ0v) is 8.53.